The van der Waals surface area contributed by atoms with Gasteiger partial charge in [0.1, 0.15) is 0 Å². The second-order valence-corrected chi connectivity index (χ2v) is 5.87. The molecule has 1 amide bonds. The average molecular weight is 285 g/mol. The minimum absolute atomic E-state index is 0.0666. The summed E-state index contributed by atoms with van der Waals surface area (Å²) in [4.78, 5) is 10.5. The molecule has 0 aromatic heterocycles. The molecule has 106 valence electrons. The van der Waals surface area contributed by atoms with Gasteiger partial charge in [0, 0.05) is 13.0 Å². The fourth-order valence-electron chi connectivity index (χ4n) is 1.61. The predicted molar refractivity (Wildman–Crippen MR) is 72.5 cm³/mol. The van der Waals surface area contributed by atoms with Crippen LogP contribution in [-0.4, -0.2) is 25.4 Å². The summed E-state index contributed by atoms with van der Waals surface area (Å²) in [5, 5.41) is 2.81. The van der Waals surface area contributed by atoms with Crippen molar-refractivity contribution in [3.63, 3.8) is 0 Å². The van der Waals surface area contributed by atoms with Gasteiger partial charge in [0.15, 0.2) is 0 Å². The third-order valence-electron chi connectivity index (χ3n) is 2.72. The molecule has 1 heterocycles. The zero-order valence-electron chi connectivity index (χ0n) is 10.9. The molecule has 0 radical (unpaired) electrons. The predicted octanol–water partition coefficient (Wildman–Crippen LogP) is 1.92. The first-order valence-electron chi connectivity index (χ1n) is 6.20. The number of carbonyl (C=O) groups excluding carboxylic acids is 1. The lowest BCUT2D eigenvalue weighted by Gasteiger charge is -1.95. The van der Waals surface area contributed by atoms with Gasteiger partial charge in [-0.15, -0.1) is 0 Å². The normalized spacial score (nSPS) is 15.8. The van der Waals surface area contributed by atoms with Gasteiger partial charge in [0.2, 0.25) is 5.91 Å². The van der Waals surface area contributed by atoms with Crippen LogP contribution in [0.25, 0.3) is 0 Å². The number of amides is 1. The Bertz CT molecular complexity index is 498. The van der Waals surface area contributed by atoms with Crippen molar-refractivity contribution in [2.24, 2.45) is 0 Å². The number of aryl methyl sites for hydroxylation is 1. The van der Waals surface area contributed by atoms with Gasteiger partial charge in [-0.3, -0.25) is 9.35 Å². The molecule has 0 aliphatic carbocycles. The second-order valence-electron chi connectivity index (χ2n) is 4.45. The Labute approximate surface area is 113 Å². The average Bonchev–Trinajstić information content (AvgIpc) is 2.57. The molecule has 5 nitrogen and oxygen atoms in total. The summed E-state index contributed by atoms with van der Waals surface area (Å²) in [6, 6.07) is 5.99. The van der Waals surface area contributed by atoms with E-state index in [2.05, 4.69) is 5.32 Å². The maximum atomic E-state index is 10.6. The maximum Gasteiger partial charge on any atom is 0.294 e. The van der Waals surface area contributed by atoms with E-state index in [1.165, 1.54) is 18.6 Å². The van der Waals surface area contributed by atoms with Crippen LogP contribution in [0.4, 0.5) is 0 Å². The molecule has 1 aliphatic rings. The van der Waals surface area contributed by atoms with Gasteiger partial charge in [-0.1, -0.05) is 24.1 Å². The van der Waals surface area contributed by atoms with Crippen LogP contribution in [0, 0.1) is 6.92 Å². The van der Waals surface area contributed by atoms with Crippen LogP contribution in [0.3, 0.4) is 0 Å². The zero-order chi connectivity index (χ0) is 14.3. The molecule has 2 N–H and O–H groups in total. The van der Waals surface area contributed by atoms with Crippen molar-refractivity contribution < 1.29 is 17.8 Å². The molecule has 2 rings (SSSR count). The van der Waals surface area contributed by atoms with Crippen molar-refractivity contribution in [1.29, 1.82) is 0 Å². The molecule has 1 aliphatic heterocycles. The van der Waals surface area contributed by atoms with Crippen LogP contribution in [0.15, 0.2) is 29.2 Å². The summed E-state index contributed by atoms with van der Waals surface area (Å²) in [5.74, 6) is 0.225. The lowest BCUT2D eigenvalue weighted by atomic mass is 10.2. The van der Waals surface area contributed by atoms with Crippen LogP contribution >= 0.6 is 0 Å². The van der Waals surface area contributed by atoms with Gasteiger partial charge < -0.3 is 5.32 Å². The minimum atomic E-state index is -4.02. The van der Waals surface area contributed by atoms with E-state index in [1.807, 2.05) is 6.92 Å². The largest absolute Gasteiger partial charge is 0.356 e. The van der Waals surface area contributed by atoms with E-state index in [0.717, 1.165) is 31.4 Å². The van der Waals surface area contributed by atoms with E-state index >= 15 is 0 Å². The highest BCUT2D eigenvalue weighted by Gasteiger charge is 2.06. The Morgan fingerprint density at radius 3 is 2.32 bits per heavy atom. The van der Waals surface area contributed by atoms with E-state index in [0.29, 0.717) is 0 Å². The van der Waals surface area contributed by atoms with Crippen molar-refractivity contribution in [2.75, 3.05) is 6.54 Å². The molecule has 0 unspecified atom stereocenters. The number of hydrogen-bond donors (Lipinski definition) is 2. The molecular formula is C13H19NO4S. The van der Waals surface area contributed by atoms with Crippen molar-refractivity contribution >= 4 is 16.0 Å². The molecule has 6 heteroatoms. The van der Waals surface area contributed by atoms with Crippen LogP contribution in [0.5, 0.6) is 0 Å². The van der Waals surface area contributed by atoms with Crippen molar-refractivity contribution in [3.8, 4) is 0 Å². The highest BCUT2D eigenvalue weighted by molar-refractivity contribution is 7.85. The number of benzene rings is 1. The van der Waals surface area contributed by atoms with Gasteiger partial charge in [0.25, 0.3) is 10.1 Å². The van der Waals surface area contributed by atoms with Crippen LogP contribution in [-0.2, 0) is 14.9 Å². The molecule has 1 fully saturated rings. The van der Waals surface area contributed by atoms with Gasteiger partial charge in [-0.2, -0.15) is 8.42 Å². The smallest absolute Gasteiger partial charge is 0.294 e. The second kappa shape index (κ2) is 7.25. The first-order valence-corrected chi connectivity index (χ1v) is 7.64. The molecule has 1 saturated heterocycles. The van der Waals surface area contributed by atoms with Gasteiger partial charge in [0.05, 0.1) is 4.90 Å². The molecule has 0 atom stereocenters. The fraction of sp³-hybridized carbons (Fsp3) is 0.462. The number of hydrogen-bond acceptors (Lipinski definition) is 3. The monoisotopic (exact) mass is 285 g/mol. The summed E-state index contributed by atoms with van der Waals surface area (Å²) < 4.78 is 29.6. The summed E-state index contributed by atoms with van der Waals surface area (Å²) in [6.07, 6.45) is 4.18. The lowest BCUT2D eigenvalue weighted by molar-refractivity contribution is -0.120. The quantitative estimate of drug-likeness (QED) is 0.772. The SMILES string of the molecule is Cc1ccc(S(=O)(=O)O)cc1.O=C1CCCCCN1. The molecule has 0 spiro atoms. The topological polar surface area (TPSA) is 83.5 Å². The van der Waals surface area contributed by atoms with Crippen molar-refractivity contribution in [3.05, 3.63) is 29.8 Å². The van der Waals surface area contributed by atoms with E-state index in [4.69, 9.17) is 4.55 Å². The number of rotatable bonds is 1. The molecule has 1 aromatic rings. The highest BCUT2D eigenvalue weighted by atomic mass is 32.2. The third kappa shape index (κ3) is 6.35. The Morgan fingerprint density at radius 2 is 1.74 bits per heavy atom. The molecule has 19 heavy (non-hydrogen) atoms. The van der Waals surface area contributed by atoms with Crippen LogP contribution < -0.4 is 5.32 Å². The van der Waals surface area contributed by atoms with Gasteiger partial charge in [-0.25, -0.2) is 0 Å². The Balaban J connectivity index is 0.000000200. The molecular weight excluding hydrogens is 266 g/mol. The standard InChI is InChI=1S/C7H8O3S.C6H11NO/c1-6-2-4-7(5-3-6)11(8,9)10;8-6-4-2-1-3-5-7-6/h2-5H,1H3,(H,8,9,10);1-5H2,(H,7,8). The van der Waals surface area contributed by atoms with Crippen LogP contribution in [0.2, 0.25) is 0 Å². The summed E-state index contributed by atoms with van der Waals surface area (Å²) in [6.45, 7) is 2.73. The molecule has 0 saturated carbocycles. The maximum absolute atomic E-state index is 10.6. The highest BCUT2D eigenvalue weighted by Crippen LogP contribution is 2.08. The Kier molecular flexibility index (Phi) is 5.98. The first-order chi connectivity index (χ1) is 8.89. The summed E-state index contributed by atoms with van der Waals surface area (Å²) in [5.41, 5.74) is 0.956. The molecule has 0 bridgehead atoms. The number of carbonyl (C=O) groups is 1. The lowest BCUT2D eigenvalue weighted by Crippen LogP contribution is -2.21. The summed E-state index contributed by atoms with van der Waals surface area (Å²) >= 11 is 0. The Hall–Kier alpha value is -1.40. The van der Waals surface area contributed by atoms with Gasteiger partial charge >= 0.3 is 0 Å². The third-order valence-corrected chi connectivity index (χ3v) is 3.59. The Morgan fingerprint density at radius 1 is 1.11 bits per heavy atom. The van der Waals surface area contributed by atoms with Crippen molar-refractivity contribution in [1.82, 2.24) is 5.32 Å². The van der Waals surface area contributed by atoms with Crippen LogP contribution in [0.1, 0.15) is 31.2 Å². The molecule has 1 aromatic carbocycles. The van der Waals surface area contributed by atoms with E-state index in [1.54, 1.807) is 12.1 Å². The summed E-state index contributed by atoms with van der Waals surface area (Å²) in [7, 11) is -4.02. The zero-order valence-corrected chi connectivity index (χ0v) is 11.7. The van der Waals surface area contributed by atoms with E-state index in [-0.39, 0.29) is 10.8 Å². The van der Waals surface area contributed by atoms with E-state index in [9.17, 15) is 13.2 Å². The van der Waals surface area contributed by atoms with Gasteiger partial charge in [-0.05, 0) is 31.9 Å². The first kappa shape index (κ1) is 15.7. The number of nitrogens with one attached hydrogen (secondary N) is 1. The van der Waals surface area contributed by atoms with Crippen molar-refractivity contribution in [2.45, 2.75) is 37.5 Å². The minimum Gasteiger partial charge on any atom is -0.356 e. The van der Waals surface area contributed by atoms with E-state index < -0.39 is 10.1 Å². The fourth-order valence-corrected chi connectivity index (χ4v) is 2.09.